The van der Waals surface area contributed by atoms with Gasteiger partial charge in [0.15, 0.2) is 5.52 Å². The zero-order chi connectivity index (χ0) is 11.0. The summed E-state index contributed by atoms with van der Waals surface area (Å²) in [5, 5.41) is 0. The number of nitrogens with zero attached hydrogens (tertiary/aromatic N) is 2. The second-order valence-electron chi connectivity index (χ2n) is 3.51. The lowest BCUT2D eigenvalue weighted by Gasteiger charge is -2.10. The van der Waals surface area contributed by atoms with Crippen LogP contribution < -0.4 is 11.2 Å². The molecular weight excluding hydrogens is 196 g/mol. The van der Waals surface area contributed by atoms with Crippen LogP contribution in [0.5, 0.6) is 0 Å². The monoisotopic (exact) mass is 208 g/mol. The van der Waals surface area contributed by atoms with Crippen molar-refractivity contribution in [3.05, 3.63) is 27.2 Å². The molecule has 0 aliphatic carbocycles. The lowest BCUT2D eigenvalue weighted by atomic mass is 10.2. The average molecular weight is 208 g/mol. The second kappa shape index (κ2) is 3.38. The van der Waals surface area contributed by atoms with Gasteiger partial charge >= 0.3 is 5.69 Å². The smallest absolute Gasteiger partial charge is 0.314 e. The van der Waals surface area contributed by atoms with Crippen molar-refractivity contribution in [3.8, 4) is 0 Å². The first-order valence-corrected chi connectivity index (χ1v) is 4.82. The average Bonchev–Trinajstić information content (AvgIpc) is 2.60. The molecule has 0 aliphatic rings. The molecule has 80 valence electrons. The van der Waals surface area contributed by atoms with E-state index in [0.29, 0.717) is 5.65 Å². The van der Waals surface area contributed by atoms with E-state index in [0.717, 1.165) is 6.42 Å². The van der Waals surface area contributed by atoms with Crippen LogP contribution in [0.4, 0.5) is 0 Å². The summed E-state index contributed by atoms with van der Waals surface area (Å²) in [5.74, 6) is 0. The Kier molecular flexibility index (Phi) is 2.18. The van der Waals surface area contributed by atoms with Crippen LogP contribution in [0.1, 0.15) is 26.3 Å². The number of hydrogen-bond donors (Lipinski definition) is 2. The molecule has 2 N–H and O–H groups in total. The maximum atomic E-state index is 11.4. The highest BCUT2D eigenvalue weighted by Gasteiger charge is 2.10. The fraction of sp³-hybridized carbons (Fsp3) is 0.444. The Morgan fingerprint density at radius 2 is 2.20 bits per heavy atom. The molecule has 0 radical (unpaired) electrons. The molecule has 0 amide bonds. The Labute approximate surface area is 85.0 Å². The van der Waals surface area contributed by atoms with Gasteiger partial charge in [-0.1, -0.05) is 6.92 Å². The molecule has 0 aromatic carbocycles. The van der Waals surface area contributed by atoms with Gasteiger partial charge in [-0.3, -0.25) is 14.8 Å². The van der Waals surface area contributed by atoms with Crippen molar-refractivity contribution in [3.63, 3.8) is 0 Å². The number of nitrogens with one attached hydrogen (secondary N) is 2. The minimum atomic E-state index is -0.502. The van der Waals surface area contributed by atoms with E-state index in [1.807, 2.05) is 13.8 Å². The second-order valence-corrected chi connectivity index (χ2v) is 3.51. The van der Waals surface area contributed by atoms with Crippen molar-refractivity contribution in [1.29, 1.82) is 0 Å². The van der Waals surface area contributed by atoms with Gasteiger partial charge in [0.05, 0.1) is 6.33 Å². The molecule has 1 unspecified atom stereocenters. The molecule has 1 atom stereocenters. The van der Waals surface area contributed by atoms with Gasteiger partial charge in [0.1, 0.15) is 5.65 Å². The number of aromatic nitrogens is 4. The van der Waals surface area contributed by atoms with Crippen molar-refractivity contribution in [1.82, 2.24) is 19.5 Å². The summed E-state index contributed by atoms with van der Waals surface area (Å²) in [5.41, 5.74) is -0.193. The SMILES string of the molecule is CCC(C)n1cnc2c(=O)[nH]c(=O)[nH]c21. The zero-order valence-electron chi connectivity index (χ0n) is 8.57. The first kappa shape index (κ1) is 9.70. The predicted molar refractivity (Wildman–Crippen MR) is 56.0 cm³/mol. The van der Waals surface area contributed by atoms with E-state index in [9.17, 15) is 9.59 Å². The number of hydrogen-bond acceptors (Lipinski definition) is 3. The van der Waals surface area contributed by atoms with Crippen molar-refractivity contribution in [2.45, 2.75) is 26.3 Å². The fourth-order valence-electron chi connectivity index (χ4n) is 1.48. The van der Waals surface area contributed by atoms with Gasteiger partial charge in [0.2, 0.25) is 0 Å². The van der Waals surface area contributed by atoms with E-state index in [4.69, 9.17) is 0 Å². The minimum Gasteiger partial charge on any atom is -0.314 e. The summed E-state index contributed by atoms with van der Waals surface area (Å²) in [6.07, 6.45) is 2.48. The summed E-state index contributed by atoms with van der Waals surface area (Å²) >= 11 is 0. The van der Waals surface area contributed by atoms with Gasteiger partial charge in [-0.05, 0) is 13.3 Å². The van der Waals surface area contributed by atoms with Crippen LogP contribution in [0.2, 0.25) is 0 Å². The summed E-state index contributed by atoms with van der Waals surface area (Å²) in [6, 6.07) is 0.201. The van der Waals surface area contributed by atoms with Gasteiger partial charge in [0, 0.05) is 6.04 Å². The predicted octanol–water partition coefficient (Wildman–Crippen LogP) is 0.384. The summed E-state index contributed by atoms with van der Waals surface area (Å²) < 4.78 is 1.80. The number of imidazole rings is 1. The first-order chi connectivity index (χ1) is 7.13. The molecule has 2 heterocycles. The molecule has 0 bridgehead atoms. The normalized spacial score (nSPS) is 13.2. The fourth-order valence-corrected chi connectivity index (χ4v) is 1.48. The van der Waals surface area contributed by atoms with Crippen LogP contribution in [0.15, 0.2) is 15.9 Å². The first-order valence-electron chi connectivity index (χ1n) is 4.82. The Balaban J connectivity index is 2.80. The molecule has 0 spiro atoms. The highest BCUT2D eigenvalue weighted by molar-refractivity contribution is 5.68. The van der Waals surface area contributed by atoms with E-state index in [2.05, 4.69) is 15.0 Å². The Morgan fingerprint density at radius 3 is 2.87 bits per heavy atom. The number of aromatic amines is 2. The number of H-pyrrole nitrogens is 2. The van der Waals surface area contributed by atoms with E-state index < -0.39 is 11.2 Å². The van der Waals surface area contributed by atoms with Crippen molar-refractivity contribution >= 4 is 11.2 Å². The van der Waals surface area contributed by atoms with Crippen LogP contribution in [-0.2, 0) is 0 Å². The third kappa shape index (κ3) is 1.47. The zero-order valence-corrected chi connectivity index (χ0v) is 8.57. The van der Waals surface area contributed by atoms with E-state index >= 15 is 0 Å². The third-order valence-electron chi connectivity index (χ3n) is 2.53. The van der Waals surface area contributed by atoms with Crippen molar-refractivity contribution < 1.29 is 0 Å². The van der Waals surface area contributed by atoms with E-state index in [1.165, 1.54) is 0 Å². The van der Waals surface area contributed by atoms with Crippen LogP contribution in [0.3, 0.4) is 0 Å². The Bertz CT molecular complexity index is 592. The maximum absolute atomic E-state index is 11.4. The molecule has 0 saturated carbocycles. The van der Waals surface area contributed by atoms with Gasteiger partial charge < -0.3 is 4.57 Å². The third-order valence-corrected chi connectivity index (χ3v) is 2.53. The standard InChI is InChI=1S/C9H12N4O2/c1-3-5(2)13-4-10-6-7(13)11-9(15)12-8(6)14/h4-5H,3H2,1-2H3,(H2,11,12,14,15). The highest BCUT2D eigenvalue weighted by atomic mass is 16.2. The molecule has 2 rings (SSSR count). The van der Waals surface area contributed by atoms with Gasteiger partial charge in [0.25, 0.3) is 5.56 Å². The highest BCUT2D eigenvalue weighted by Crippen LogP contribution is 2.14. The Hall–Kier alpha value is -1.85. The van der Waals surface area contributed by atoms with Crippen molar-refractivity contribution in [2.24, 2.45) is 0 Å². The maximum Gasteiger partial charge on any atom is 0.327 e. The molecule has 0 fully saturated rings. The molecule has 15 heavy (non-hydrogen) atoms. The number of rotatable bonds is 2. The largest absolute Gasteiger partial charge is 0.327 e. The van der Waals surface area contributed by atoms with Gasteiger partial charge in [-0.15, -0.1) is 0 Å². The lowest BCUT2D eigenvalue weighted by molar-refractivity contribution is 0.540. The molecule has 2 aromatic rings. The molecule has 6 heteroatoms. The van der Waals surface area contributed by atoms with Crippen molar-refractivity contribution in [2.75, 3.05) is 0 Å². The minimum absolute atomic E-state index is 0.201. The summed E-state index contributed by atoms with van der Waals surface area (Å²) in [4.78, 5) is 31.2. The lowest BCUT2D eigenvalue weighted by Crippen LogP contribution is -2.22. The van der Waals surface area contributed by atoms with Crippen LogP contribution >= 0.6 is 0 Å². The van der Waals surface area contributed by atoms with E-state index in [-0.39, 0.29) is 11.6 Å². The quantitative estimate of drug-likeness (QED) is 0.748. The summed E-state index contributed by atoms with van der Waals surface area (Å²) in [7, 11) is 0. The van der Waals surface area contributed by atoms with Gasteiger partial charge in [-0.2, -0.15) is 0 Å². The Morgan fingerprint density at radius 1 is 1.47 bits per heavy atom. The molecule has 0 aliphatic heterocycles. The molecular formula is C9H12N4O2. The summed E-state index contributed by atoms with van der Waals surface area (Å²) in [6.45, 7) is 4.03. The van der Waals surface area contributed by atoms with Crippen LogP contribution in [0, 0.1) is 0 Å². The van der Waals surface area contributed by atoms with Crippen LogP contribution in [-0.4, -0.2) is 19.5 Å². The topological polar surface area (TPSA) is 83.5 Å². The molecule has 6 nitrogen and oxygen atoms in total. The van der Waals surface area contributed by atoms with E-state index in [1.54, 1.807) is 10.9 Å². The molecule has 0 saturated heterocycles. The number of fused-ring (bicyclic) bond motifs is 1. The van der Waals surface area contributed by atoms with Crippen LogP contribution in [0.25, 0.3) is 11.2 Å². The molecule has 2 aromatic heterocycles. The van der Waals surface area contributed by atoms with Gasteiger partial charge in [-0.25, -0.2) is 9.78 Å².